The lowest BCUT2D eigenvalue weighted by atomic mass is 10.1. The second-order valence-electron chi connectivity index (χ2n) is 3.98. The first-order valence-corrected chi connectivity index (χ1v) is 5.14. The van der Waals surface area contributed by atoms with E-state index < -0.39 is 35.0 Å². The minimum absolute atomic E-state index is 0.0680. The smallest absolute Gasteiger partial charge is 0.259 e. The summed E-state index contributed by atoms with van der Waals surface area (Å²) in [6, 6.07) is 1.37. The number of carbonyl (C=O) groups excluding carboxylic acids is 1. The molecule has 2 rings (SSSR count). The summed E-state index contributed by atoms with van der Waals surface area (Å²) < 4.78 is 26.8. The number of hydrogen-bond donors (Lipinski definition) is 2. The number of nitrogens with zero attached hydrogens (tertiary/aromatic N) is 1. The second kappa shape index (κ2) is 4.29. The van der Waals surface area contributed by atoms with Gasteiger partial charge in [0.25, 0.3) is 5.91 Å². The lowest BCUT2D eigenvalue weighted by Crippen LogP contribution is -2.31. The van der Waals surface area contributed by atoms with Gasteiger partial charge in [-0.2, -0.15) is 0 Å². The summed E-state index contributed by atoms with van der Waals surface area (Å²) in [4.78, 5) is 13.0. The van der Waals surface area contributed by atoms with Crippen LogP contribution in [0.2, 0.25) is 0 Å². The Morgan fingerprint density at radius 1 is 1.35 bits per heavy atom. The van der Waals surface area contributed by atoms with Crippen molar-refractivity contribution in [2.45, 2.75) is 12.5 Å². The van der Waals surface area contributed by atoms with Crippen molar-refractivity contribution in [3.8, 4) is 5.75 Å². The maximum Gasteiger partial charge on any atom is 0.259 e. The van der Waals surface area contributed by atoms with Crippen LogP contribution in [-0.2, 0) is 0 Å². The lowest BCUT2D eigenvalue weighted by molar-refractivity contribution is 0.0755. The molecule has 0 radical (unpaired) electrons. The first-order chi connectivity index (χ1) is 7.99. The first kappa shape index (κ1) is 11.8. The molecule has 1 saturated heterocycles. The molecular formula is C11H11F2NO3. The molecule has 4 nitrogen and oxygen atoms in total. The van der Waals surface area contributed by atoms with Gasteiger partial charge in [0.2, 0.25) is 0 Å². The minimum atomic E-state index is -1.10. The number of likely N-dealkylation sites (tertiary alicyclic amines) is 1. The van der Waals surface area contributed by atoms with Crippen LogP contribution in [0.15, 0.2) is 12.1 Å². The fourth-order valence-corrected chi connectivity index (χ4v) is 1.85. The molecule has 1 aliphatic heterocycles. The number of aromatic hydroxyl groups is 1. The molecule has 1 unspecified atom stereocenters. The number of phenols is 1. The van der Waals surface area contributed by atoms with Crippen molar-refractivity contribution >= 4 is 5.91 Å². The Balaban J connectivity index is 2.31. The molecule has 1 atom stereocenters. The van der Waals surface area contributed by atoms with Gasteiger partial charge in [0.1, 0.15) is 22.9 Å². The van der Waals surface area contributed by atoms with Gasteiger partial charge >= 0.3 is 0 Å². The van der Waals surface area contributed by atoms with Crippen LogP contribution in [0, 0.1) is 11.6 Å². The molecule has 0 aliphatic carbocycles. The van der Waals surface area contributed by atoms with E-state index in [4.69, 9.17) is 5.11 Å². The van der Waals surface area contributed by atoms with Gasteiger partial charge in [-0.3, -0.25) is 4.79 Å². The summed E-state index contributed by atoms with van der Waals surface area (Å²) in [5, 5.41) is 18.2. The van der Waals surface area contributed by atoms with E-state index in [9.17, 15) is 18.7 Å². The number of benzene rings is 1. The quantitative estimate of drug-likeness (QED) is 0.769. The predicted octanol–water partition coefficient (Wildman–Crippen LogP) is 0.877. The molecule has 17 heavy (non-hydrogen) atoms. The van der Waals surface area contributed by atoms with Crippen LogP contribution in [0.3, 0.4) is 0 Å². The average molecular weight is 243 g/mol. The molecule has 1 amide bonds. The van der Waals surface area contributed by atoms with Crippen LogP contribution in [0.5, 0.6) is 5.75 Å². The highest BCUT2D eigenvalue weighted by Gasteiger charge is 2.29. The number of aliphatic hydroxyl groups is 1. The molecule has 92 valence electrons. The molecule has 0 spiro atoms. The van der Waals surface area contributed by atoms with E-state index in [0.29, 0.717) is 18.6 Å². The van der Waals surface area contributed by atoms with Crippen molar-refractivity contribution in [3.05, 3.63) is 29.3 Å². The van der Waals surface area contributed by atoms with E-state index in [1.807, 2.05) is 0 Å². The van der Waals surface area contributed by atoms with Crippen LogP contribution in [-0.4, -0.2) is 40.2 Å². The van der Waals surface area contributed by atoms with Crippen molar-refractivity contribution in [2.75, 3.05) is 13.1 Å². The molecule has 1 fully saturated rings. The summed E-state index contributed by atoms with van der Waals surface area (Å²) >= 11 is 0. The molecule has 0 bridgehead atoms. The van der Waals surface area contributed by atoms with Gasteiger partial charge in [-0.25, -0.2) is 8.78 Å². The summed E-state index contributed by atoms with van der Waals surface area (Å²) in [5.41, 5.74) is -0.697. The number of halogens is 2. The third kappa shape index (κ3) is 2.21. The Kier molecular flexibility index (Phi) is 2.97. The molecule has 1 aliphatic rings. The van der Waals surface area contributed by atoms with Gasteiger partial charge in [-0.05, 0) is 6.42 Å². The van der Waals surface area contributed by atoms with Crippen LogP contribution < -0.4 is 0 Å². The number of aliphatic hydroxyl groups excluding tert-OH is 1. The van der Waals surface area contributed by atoms with Gasteiger partial charge in [0.05, 0.1) is 6.10 Å². The molecule has 6 heteroatoms. The zero-order valence-electron chi connectivity index (χ0n) is 8.86. The minimum Gasteiger partial charge on any atom is -0.508 e. The third-order valence-corrected chi connectivity index (χ3v) is 2.69. The summed E-state index contributed by atoms with van der Waals surface area (Å²) in [6.07, 6.45) is -0.255. The Bertz CT molecular complexity index is 441. The Morgan fingerprint density at radius 3 is 2.41 bits per heavy atom. The van der Waals surface area contributed by atoms with E-state index in [1.165, 1.54) is 4.90 Å². The Hall–Kier alpha value is -1.69. The number of hydrogen-bond acceptors (Lipinski definition) is 3. The highest BCUT2D eigenvalue weighted by Crippen LogP contribution is 2.22. The zero-order chi connectivity index (χ0) is 12.6. The van der Waals surface area contributed by atoms with E-state index >= 15 is 0 Å². The molecule has 0 saturated carbocycles. The zero-order valence-corrected chi connectivity index (χ0v) is 8.86. The van der Waals surface area contributed by atoms with Crippen molar-refractivity contribution in [2.24, 2.45) is 0 Å². The van der Waals surface area contributed by atoms with Crippen molar-refractivity contribution in [3.63, 3.8) is 0 Å². The standard InChI is InChI=1S/C11H11F2NO3/c12-8-3-7(16)4-9(13)10(8)11(17)14-2-1-6(15)5-14/h3-4,6,15-16H,1-2,5H2. The van der Waals surface area contributed by atoms with Crippen LogP contribution in [0.4, 0.5) is 8.78 Å². The predicted molar refractivity (Wildman–Crippen MR) is 54.6 cm³/mol. The number of carbonyl (C=O) groups is 1. The summed E-state index contributed by atoms with van der Waals surface area (Å²) in [5.74, 6) is -3.59. The van der Waals surface area contributed by atoms with Gasteiger partial charge in [0, 0.05) is 25.2 Å². The van der Waals surface area contributed by atoms with E-state index in [1.54, 1.807) is 0 Å². The fourth-order valence-electron chi connectivity index (χ4n) is 1.85. The van der Waals surface area contributed by atoms with Crippen LogP contribution in [0.25, 0.3) is 0 Å². The SMILES string of the molecule is O=C(c1c(F)cc(O)cc1F)N1CCC(O)C1. The third-order valence-electron chi connectivity index (χ3n) is 2.69. The first-order valence-electron chi connectivity index (χ1n) is 5.14. The topological polar surface area (TPSA) is 60.8 Å². The van der Waals surface area contributed by atoms with Gasteiger partial charge in [-0.1, -0.05) is 0 Å². The highest BCUT2D eigenvalue weighted by atomic mass is 19.1. The normalized spacial score (nSPS) is 19.7. The molecule has 1 aromatic carbocycles. The molecule has 2 N–H and O–H groups in total. The fraction of sp³-hybridized carbons (Fsp3) is 0.364. The average Bonchev–Trinajstić information content (AvgIpc) is 2.63. The number of rotatable bonds is 1. The van der Waals surface area contributed by atoms with Crippen LogP contribution >= 0.6 is 0 Å². The van der Waals surface area contributed by atoms with Crippen molar-refractivity contribution in [1.82, 2.24) is 4.90 Å². The molecule has 1 heterocycles. The van der Waals surface area contributed by atoms with Gasteiger partial charge in [-0.15, -0.1) is 0 Å². The van der Waals surface area contributed by atoms with Crippen molar-refractivity contribution in [1.29, 1.82) is 0 Å². The highest BCUT2D eigenvalue weighted by molar-refractivity contribution is 5.95. The largest absolute Gasteiger partial charge is 0.508 e. The Labute approximate surface area is 96.1 Å². The summed E-state index contributed by atoms with van der Waals surface area (Å²) in [6.45, 7) is 0.332. The molecular weight excluding hydrogens is 232 g/mol. The summed E-state index contributed by atoms with van der Waals surface area (Å²) in [7, 11) is 0. The maximum absolute atomic E-state index is 13.4. The van der Waals surface area contributed by atoms with Crippen LogP contribution in [0.1, 0.15) is 16.8 Å². The van der Waals surface area contributed by atoms with Gasteiger partial charge < -0.3 is 15.1 Å². The molecule has 1 aromatic rings. The lowest BCUT2D eigenvalue weighted by Gasteiger charge is -2.16. The number of phenolic OH excluding ortho intramolecular Hbond substituents is 1. The number of β-amino-alcohol motifs (C(OH)–C–C–N with tert-alkyl or cyclic N) is 1. The second-order valence-corrected chi connectivity index (χ2v) is 3.98. The Morgan fingerprint density at radius 2 is 1.94 bits per heavy atom. The van der Waals surface area contributed by atoms with E-state index in [-0.39, 0.29) is 13.1 Å². The maximum atomic E-state index is 13.4. The monoisotopic (exact) mass is 243 g/mol. The van der Waals surface area contributed by atoms with E-state index in [2.05, 4.69) is 0 Å². The molecule has 0 aromatic heterocycles. The van der Waals surface area contributed by atoms with Crippen molar-refractivity contribution < 1.29 is 23.8 Å². The van der Waals surface area contributed by atoms with E-state index in [0.717, 1.165) is 0 Å². The van der Waals surface area contributed by atoms with Gasteiger partial charge in [0.15, 0.2) is 0 Å². The number of amides is 1.